The molecular formula is C28H23F2O2S+. The molecule has 0 fully saturated rings. The molecule has 0 radical (unpaired) electrons. The molecular weight excluding hydrogens is 438 g/mol. The molecule has 0 heterocycles. The van der Waals surface area contributed by atoms with Crippen LogP contribution in [-0.2, 0) is 21.2 Å². The second kappa shape index (κ2) is 9.59. The van der Waals surface area contributed by atoms with Crippen molar-refractivity contribution in [2.24, 2.45) is 0 Å². The van der Waals surface area contributed by atoms with Crippen LogP contribution in [0.15, 0.2) is 118 Å². The van der Waals surface area contributed by atoms with Crippen LogP contribution in [0.4, 0.5) is 8.78 Å². The van der Waals surface area contributed by atoms with Crippen LogP contribution >= 0.6 is 0 Å². The molecule has 166 valence electrons. The third-order valence-corrected chi connectivity index (χ3v) is 7.47. The van der Waals surface area contributed by atoms with Crippen LogP contribution < -0.4 is 0 Å². The molecule has 5 heteroatoms. The van der Waals surface area contributed by atoms with Gasteiger partial charge in [-0.3, -0.25) is 0 Å². The van der Waals surface area contributed by atoms with Crippen LogP contribution in [0.2, 0.25) is 0 Å². The fourth-order valence-electron chi connectivity index (χ4n) is 3.56. The minimum absolute atomic E-state index is 0.246. The first-order valence-electron chi connectivity index (χ1n) is 10.5. The van der Waals surface area contributed by atoms with Crippen molar-refractivity contribution in [2.45, 2.75) is 34.1 Å². The summed E-state index contributed by atoms with van der Waals surface area (Å²) < 4.78 is 33.4. The zero-order chi connectivity index (χ0) is 23.4. The molecule has 0 amide bonds. The zero-order valence-electron chi connectivity index (χ0n) is 18.3. The van der Waals surface area contributed by atoms with Gasteiger partial charge in [-0.1, -0.05) is 48.5 Å². The van der Waals surface area contributed by atoms with Gasteiger partial charge in [0.15, 0.2) is 14.7 Å². The second-order valence-electron chi connectivity index (χ2n) is 7.99. The van der Waals surface area contributed by atoms with E-state index < -0.39 is 34.1 Å². The van der Waals surface area contributed by atoms with Gasteiger partial charge in [-0.2, -0.15) is 0 Å². The van der Waals surface area contributed by atoms with Gasteiger partial charge in [-0.15, -0.1) is 0 Å². The number of rotatable bonds is 6. The summed E-state index contributed by atoms with van der Waals surface area (Å²) in [6.07, 6.45) is 0. The number of hydrogen-bond donors (Lipinski definition) is 0. The van der Waals surface area contributed by atoms with E-state index in [0.717, 1.165) is 20.8 Å². The fraction of sp³-hybridized carbons (Fsp3) is 0.107. The Balaban J connectivity index is 1.75. The molecule has 0 aliphatic heterocycles. The molecule has 0 atom stereocenters. The molecule has 0 aliphatic rings. The molecule has 4 aromatic rings. The normalized spacial score (nSPS) is 11.4. The molecule has 0 saturated heterocycles. The molecule has 4 aromatic carbocycles. The van der Waals surface area contributed by atoms with E-state index in [9.17, 15) is 13.6 Å². The summed E-state index contributed by atoms with van der Waals surface area (Å²) in [5.74, 6) is -1.99. The van der Waals surface area contributed by atoms with Crippen molar-refractivity contribution < 1.29 is 18.3 Å². The number of halogens is 2. The van der Waals surface area contributed by atoms with Crippen molar-refractivity contribution in [3.05, 3.63) is 126 Å². The topological polar surface area (TPSA) is 26.3 Å². The lowest BCUT2D eigenvalue weighted by molar-refractivity contribution is -0.00379. The number of carbonyl (C=O) groups excluding carboxylic acids is 1. The van der Waals surface area contributed by atoms with E-state index in [1.165, 1.54) is 12.1 Å². The lowest BCUT2D eigenvalue weighted by Gasteiger charge is -2.26. The maximum atomic E-state index is 13.8. The van der Waals surface area contributed by atoms with Gasteiger partial charge in [0, 0.05) is 11.6 Å². The van der Waals surface area contributed by atoms with Gasteiger partial charge in [0.05, 0.1) is 0 Å². The smallest absolute Gasteiger partial charge is 0.344 e. The van der Waals surface area contributed by atoms with Crippen molar-refractivity contribution in [1.82, 2.24) is 0 Å². The molecule has 0 bridgehead atoms. The first-order chi connectivity index (χ1) is 15.8. The first-order valence-corrected chi connectivity index (χ1v) is 11.7. The van der Waals surface area contributed by atoms with Crippen molar-refractivity contribution in [1.29, 1.82) is 0 Å². The highest BCUT2D eigenvalue weighted by Crippen LogP contribution is 2.35. The monoisotopic (exact) mass is 461 g/mol. The second-order valence-corrected chi connectivity index (χ2v) is 9.98. The average Bonchev–Trinajstić information content (AvgIpc) is 2.80. The fourth-order valence-corrected chi connectivity index (χ4v) is 5.79. The maximum absolute atomic E-state index is 13.8. The molecule has 2 nitrogen and oxygen atoms in total. The van der Waals surface area contributed by atoms with Gasteiger partial charge in [0.25, 0.3) is 0 Å². The molecule has 0 aromatic heterocycles. The molecule has 4 rings (SSSR count). The van der Waals surface area contributed by atoms with E-state index in [4.69, 9.17) is 4.74 Å². The summed E-state index contributed by atoms with van der Waals surface area (Å²) >= 11 is 0. The minimum atomic E-state index is -1.23. The van der Waals surface area contributed by atoms with Crippen molar-refractivity contribution in [2.75, 3.05) is 0 Å². The quantitative estimate of drug-likeness (QED) is 0.225. The van der Waals surface area contributed by atoms with E-state index in [1.54, 1.807) is 26.0 Å². The highest BCUT2D eigenvalue weighted by atomic mass is 32.2. The number of carbonyl (C=O) groups is 1. The number of benzene rings is 4. The van der Waals surface area contributed by atoms with Crippen LogP contribution in [0.25, 0.3) is 0 Å². The zero-order valence-corrected chi connectivity index (χ0v) is 19.1. The van der Waals surface area contributed by atoms with Crippen LogP contribution in [0.5, 0.6) is 0 Å². The summed E-state index contributed by atoms with van der Waals surface area (Å²) in [5, 5.41) is 0. The Morgan fingerprint density at radius 3 is 1.76 bits per heavy atom. The lowest BCUT2D eigenvalue weighted by Crippen LogP contribution is -2.27. The molecule has 0 N–H and O–H groups in total. The van der Waals surface area contributed by atoms with Gasteiger partial charge in [-0.05, 0) is 62.4 Å². The van der Waals surface area contributed by atoms with Gasteiger partial charge in [0.1, 0.15) is 33.7 Å². The van der Waals surface area contributed by atoms with Crippen LogP contribution in [-0.4, -0.2) is 5.97 Å². The van der Waals surface area contributed by atoms with Crippen molar-refractivity contribution >= 4 is 16.9 Å². The van der Waals surface area contributed by atoms with Crippen molar-refractivity contribution in [3.63, 3.8) is 0 Å². The third kappa shape index (κ3) is 5.15. The standard InChI is InChI=1S/C28H23F2O2S/c1-28(2,20-17-21(29)19-22(30)18-20)32-27(31)25-15-9-10-16-26(25)33(23-11-5-3-6-12-23)24-13-7-4-8-14-24/h3-19H,1-2H3/q+1. The number of hydrogen-bond acceptors (Lipinski definition) is 2. The predicted octanol–water partition coefficient (Wildman–Crippen LogP) is 7.15. The Kier molecular flexibility index (Phi) is 6.61. The molecule has 0 aliphatic carbocycles. The Bertz CT molecular complexity index is 1200. The SMILES string of the molecule is CC(C)(OC(=O)c1ccccc1[S+](c1ccccc1)c1ccccc1)c1cc(F)cc(F)c1. The summed E-state index contributed by atoms with van der Waals surface area (Å²) in [4.78, 5) is 16.3. The van der Waals surface area contributed by atoms with E-state index >= 15 is 0 Å². The largest absolute Gasteiger partial charge is 0.451 e. The Labute approximate surface area is 195 Å². The minimum Gasteiger partial charge on any atom is -0.451 e. The average molecular weight is 462 g/mol. The summed E-state index contributed by atoms with van der Waals surface area (Å²) in [5.41, 5.74) is -0.569. The third-order valence-electron chi connectivity index (χ3n) is 5.19. The Morgan fingerprint density at radius 1 is 0.727 bits per heavy atom. The lowest BCUT2D eigenvalue weighted by atomic mass is 9.97. The number of ether oxygens (including phenoxy) is 1. The van der Waals surface area contributed by atoms with Crippen LogP contribution in [0, 0.1) is 11.6 Å². The highest BCUT2D eigenvalue weighted by Gasteiger charge is 2.35. The molecule has 0 saturated carbocycles. The van der Waals surface area contributed by atoms with E-state index in [0.29, 0.717) is 5.56 Å². The summed E-state index contributed by atoms with van der Waals surface area (Å²) in [6, 6.07) is 30.4. The summed E-state index contributed by atoms with van der Waals surface area (Å²) in [6.45, 7) is 3.24. The van der Waals surface area contributed by atoms with Gasteiger partial charge >= 0.3 is 5.97 Å². The van der Waals surface area contributed by atoms with Gasteiger partial charge < -0.3 is 4.74 Å². The van der Waals surface area contributed by atoms with E-state index in [1.807, 2.05) is 72.8 Å². The van der Waals surface area contributed by atoms with E-state index in [2.05, 4.69) is 0 Å². The molecule has 33 heavy (non-hydrogen) atoms. The predicted molar refractivity (Wildman–Crippen MR) is 126 cm³/mol. The maximum Gasteiger partial charge on any atom is 0.344 e. The van der Waals surface area contributed by atoms with Crippen LogP contribution in [0.1, 0.15) is 29.8 Å². The molecule has 0 spiro atoms. The van der Waals surface area contributed by atoms with Crippen molar-refractivity contribution in [3.8, 4) is 0 Å². The highest BCUT2D eigenvalue weighted by molar-refractivity contribution is 7.97. The van der Waals surface area contributed by atoms with Crippen LogP contribution in [0.3, 0.4) is 0 Å². The van der Waals surface area contributed by atoms with Gasteiger partial charge in [-0.25, -0.2) is 13.6 Å². The Hall–Kier alpha value is -3.44. The van der Waals surface area contributed by atoms with Gasteiger partial charge in [0.2, 0.25) is 0 Å². The number of esters is 1. The first kappa shape index (κ1) is 22.7. The Morgan fingerprint density at radius 2 is 1.21 bits per heavy atom. The summed E-state index contributed by atoms with van der Waals surface area (Å²) in [7, 11) is -0.548. The molecule has 0 unspecified atom stereocenters. The van der Waals surface area contributed by atoms with E-state index in [-0.39, 0.29) is 5.56 Å².